The topological polar surface area (TPSA) is 55.1 Å². The van der Waals surface area contributed by atoms with E-state index in [-0.39, 0.29) is 17.6 Å². The van der Waals surface area contributed by atoms with Gasteiger partial charge in [-0.05, 0) is 40.9 Å². The van der Waals surface area contributed by atoms with Gasteiger partial charge in [0.2, 0.25) is 0 Å². The molecule has 17 heavy (non-hydrogen) atoms. The van der Waals surface area contributed by atoms with Crippen molar-refractivity contribution in [3.05, 3.63) is 28.0 Å². The number of carbonyl (C=O) groups is 1. The Bertz CT molecular complexity index is 444. The lowest BCUT2D eigenvalue weighted by atomic mass is 10.1. The molecular formula is C12H14BrFN2O. The molecule has 92 valence electrons. The minimum Gasteiger partial charge on any atom is -0.396 e. The van der Waals surface area contributed by atoms with Gasteiger partial charge in [-0.3, -0.25) is 4.79 Å². The zero-order valence-electron chi connectivity index (χ0n) is 9.30. The molecule has 2 rings (SSSR count). The van der Waals surface area contributed by atoms with Crippen molar-refractivity contribution in [2.45, 2.75) is 31.7 Å². The standard InChI is InChI=1S/C12H14BrFN2O/c13-9-6-10(14)11(15)5-8(9)12(17)16-7-3-1-2-4-7/h5-7H,1-4,15H2,(H,16,17). The second-order valence-electron chi connectivity index (χ2n) is 4.31. The largest absolute Gasteiger partial charge is 0.396 e. The van der Waals surface area contributed by atoms with Crippen molar-refractivity contribution in [3.8, 4) is 0 Å². The lowest BCUT2D eigenvalue weighted by molar-refractivity contribution is 0.0937. The Morgan fingerprint density at radius 1 is 1.41 bits per heavy atom. The first kappa shape index (κ1) is 12.4. The predicted octanol–water partition coefficient (Wildman–Crippen LogP) is 2.84. The van der Waals surface area contributed by atoms with E-state index < -0.39 is 5.82 Å². The molecule has 0 heterocycles. The van der Waals surface area contributed by atoms with Gasteiger partial charge in [0.25, 0.3) is 5.91 Å². The molecule has 5 heteroatoms. The van der Waals surface area contributed by atoms with E-state index >= 15 is 0 Å². The van der Waals surface area contributed by atoms with E-state index in [4.69, 9.17) is 5.73 Å². The highest BCUT2D eigenvalue weighted by Gasteiger charge is 2.20. The number of nitrogens with one attached hydrogen (secondary N) is 1. The van der Waals surface area contributed by atoms with E-state index in [9.17, 15) is 9.18 Å². The average Bonchev–Trinajstić information content (AvgIpc) is 2.76. The number of anilines is 1. The van der Waals surface area contributed by atoms with Gasteiger partial charge in [0, 0.05) is 10.5 Å². The summed E-state index contributed by atoms with van der Waals surface area (Å²) in [6.07, 6.45) is 4.33. The van der Waals surface area contributed by atoms with Crippen molar-refractivity contribution in [1.29, 1.82) is 0 Å². The fourth-order valence-electron chi connectivity index (χ4n) is 2.07. The molecule has 1 aromatic rings. The normalized spacial score (nSPS) is 16.1. The summed E-state index contributed by atoms with van der Waals surface area (Å²) in [5.41, 5.74) is 5.84. The summed E-state index contributed by atoms with van der Waals surface area (Å²) in [6.45, 7) is 0. The number of nitrogen functional groups attached to an aromatic ring is 1. The second-order valence-corrected chi connectivity index (χ2v) is 5.16. The van der Waals surface area contributed by atoms with Gasteiger partial charge >= 0.3 is 0 Å². The molecule has 0 aliphatic heterocycles. The zero-order valence-corrected chi connectivity index (χ0v) is 10.9. The third-order valence-electron chi connectivity index (χ3n) is 3.02. The van der Waals surface area contributed by atoms with E-state index in [1.165, 1.54) is 12.1 Å². The third-order valence-corrected chi connectivity index (χ3v) is 3.68. The summed E-state index contributed by atoms with van der Waals surface area (Å²) in [4.78, 5) is 12.0. The van der Waals surface area contributed by atoms with Crippen molar-refractivity contribution in [2.75, 3.05) is 5.73 Å². The Balaban J connectivity index is 2.15. The van der Waals surface area contributed by atoms with E-state index in [1.807, 2.05) is 0 Å². The molecule has 0 radical (unpaired) electrons. The van der Waals surface area contributed by atoms with Gasteiger partial charge in [0.05, 0.1) is 11.3 Å². The van der Waals surface area contributed by atoms with Crippen LogP contribution in [0.2, 0.25) is 0 Å². The van der Waals surface area contributed by atoms with Crippen LogP contribution < -0.4 is 11.1 Å². The zero-order chi connectivity index (χ0) is 12.4. The van der Waals surface area contributed by atoms with Crippen LogP contribution in [0.3, 0.4) is 0 Å². The maximum Gasteiger partial charge on any atom is 0.252 e. The molecule has 1 aliphatic carbocycles. The number of benzene rings is 1. The predicted molar refractivity (Wildman–Crippen MR) is 68.2 cm³/mol. The molecule has 3 nitrogen and oxygen atoms in total. The number of carbonyl (C=O) groups excluding carboxylic acids is 1. The minimum atomic E-state index is -0.519. The lowest BCUT2D eigenvalue weighted by Gasteiger charge is -2.13. The minimum absolute atomic E-state index is 0.00947. The van der Waals surface area contributed by atoms with Crippen molar-refractivity contribution in [1.82, 2.24) is 5.32 Å². The monoisotopic (exact) mass is 300 g/mol. The van der Waals surface area contributed by atoms with Crippen LogP contribution in [-0.4, -0.2) is 11.9 Å². The number of hydrogen-bond acceptors (Lipinski definition) is 2. The number of rotatable bonds is 2. The highest BCUT2D eigenvalue weighted by molar-refractivity contribution is 9.10. The smallest absolute Gasteiger partial charge is 0.252 e. The molecule has 0 atom stereocenters. The van der Waals surface area contributed by atoms with Crippen LogP contribution in [0.25, 0.3) is 0 Å². The van der Waals surface area contributed by atoms with Crippen LogP contribution in [0, 0.1) is 5.82 Å². The SMILES string of the molecule is Nc1cc(C(=O)NC2CCCC2)c(Br)cc1F. The number of halogens is 2. The molecule has 0 aromatic heterocycles. The Kier molecular flexibility index (Phi) is 3.66. The summed E-state index contributed by atoms with van der Waals surface area (Å²) >= 11 is 3.17. The number of amides is 1. The molecule has 0 spiro atoms. The Labute approximate surface area is 108 Å². The highest BCUT2D eigenvalue weighted by atomic mass is 79.9. The lowest BCUT2D eigenvalue weighted by Crippen LogP contribution is -2.32. The molecule has 1 fully saturated rings. The molecule has 0 saturated heterocycles. The van der Waals surface area contributed by atoms with Gasteiger partial charge in [-0.25, -0.2) is 4.39 Å². The quantitative estimate of drug-likeness (QED) is 0.825. The van der Waals surface area contributed by atoms with Gasteiger partial charge in [0.15, 0.2) is 0 Å². The fraction of sp³-hybridized carbons (Fsp3) is 0.417. The van der Waals surface area contributed by atoms with Gasteiger partial charge in [-0.1, -0.05) is 12.8 Å². The van der Waals surface area contributed by atoms with Gasteiger partial charge < -0.3 is 11.1 Å². The molecule has 0 bridgehead atoms. The van der Waals surface area contributed by atoms with Crippen molar-refractivity contribution >= 4 is 27.5 Å². The molecule has 0 unspecified atom stereocenters. The molecule has 1 amide bonds. The van der Waals surface area contributed by atoms with Crippen LogP contribution in [0.15, 0.2) is 16.6 Å². The van der Waals surface area contributed by atoms with Crippen LogP contribution in [-0.2, 0) is 0 Å². The van der Waals surface area contributed by atoms with E-state index in [0.717, 1.165) is 25.7 Å². The Hall–Kier alpha value is -1.10. The van der Waals surface area contributed by atoms with Crippen LogP contribution in [0.4, 0.5) is 10.1 Å². The molecule has 1 aromatic carbocycles. The summed E-state index contributed by atoms with van der Waals surface area (Å²) in [5, 5.41) is 2.94. The van der Waals surface area contributed by atoms with Gasteiger partial charge in [0.1, 0.15) is 5.82 Å². The first-order valence-corrected chi connectivity index (χ1v) is 6.42. The first-order chi connectivity index (χ1) is 8.08. The van der Waals surface area contributed by atoms with Gasteiger partial charge in [-0.2, -0.15) is 0 Å². The third kappa shape index (κ3) is 2.77. The van der Waals surface area contributed by atoms with Crippen molar-refractivity contribution in [3.63, 3.8) is 0 Å². The maximum absolute atomic E-state index is 13.1. The highest BCUT2D eigenvalue weighted by Crippen LogP contribution is 2.24. The summed E-state index contributed by atoms with van der Waals surface area (Å²) < 4.78 is 13.6. The summed E-state index contributed by atoms with van der Waals surface area (Å²) in [6, 6.07) is 2.82. The van der Waals surface area contributed by atoms with Crippen LogP contribution in [0.5, 0.6) is 0 Å². The molecule has 1 saturated carbocycles. The van der Waals surface area contributed by atoms with E-state index in [2.05, 4.69) is 21.2 Å². The van der Waals surface area contributed by atoms with Crippen molar-refractivity contribution in [2.24, 2.45) is 0 Å². The average molecular weight is 301 g/mol. The molecule has 3 N–H and O–H groups in total. The number of hydrogen-bond donors (Lipinski definition) is 2. The summed E-state index contributed by atoms with van der Waals surface area (Å²) in [5.74, 6) is -0.718. The fourth-order valence-corrected chi connectivity index (χ4v) is 2.57. The molecule has 1 aliphatic rings. The maximum atomic E-state index is 13.1. The first-order valence-electron chi connectivity index (χ1n) is 5.63. The van der Waals surface area contributed by atoms with Crippen LogP contribution >= 0.6 is 15.9 Å². The molecular weight excluding hydrogens is 287 g/mol. The second kappa shape index (κ2) is 5.04. The number of nitrogens with two attached hydrogens (primary N) is 1. The Morgan fingerprint density at radius 3 is 2.71 bits per heavy atom. The summed E-state index contributed by atoms with van der Waals surface area (Å²) in [7, 11) is 0. The van der Waals surface area contributed by atoms with Crippen molar-refractivity contribution < 1.29 is 9.18 Å². The van der Waals surface area contributed by atoms with Crippen LogP contribution in [0.1, 0.15) is 36.0 Å². The van der Waals surface area contributed by atoms with Gasteiger partial charge in [-0.15, -0.1) is 0 Å². The van der Waals surface area contributed by atoms with E-state index in [0.29, 0.717) is 10.0 Å². The van der Waals surface area contributed by atoms with E-state index in [1.54, 1.807) is 0 Å². The Morgan fingerprint density at radius 2 is 2.06 bits per heavy atom.